The number of rotatable bonds is 2. The van der Waals surface area contributed by atoms with Gasteiger partial charge in [0.2, 0.25) is 5.91 Å². The van der Waals surface area contributed by atoms with Gasteiger partial charge in [0.1, 0.15) is 17.4 Å². The van der Waals surface area contributed by atoms with Gasteiger partial charge >= 0.3 is 0 Å². The van der Waals surface area contributed by atoms with E-state index in [1.165, 1.54) is 7.11 Å². The minimum atomic E-state index is -0.514. The molecule has 0 radical (unpaired) electrons. The molecule has 2 heterocycles. The monoisotopic (exact) mass is 340 g/mol. The molecular formula is C15H14Cl2N2O3. The number of aliphatic hydroxyl groups excluding tert-OH is 1. The molecule has 116 valence electrons. The number of carbonyl (C=O) groups excluding carboxylic acids is 1. The van der Waals surface area contributed by atoms with Crippen molar-refractivity contribution in [1.82, 2.24) is 9.88 Å². The van der Waals surface area contributed by atoms with Crippen LogP contribution in [0.4, 0.5) is 0 Å². The summed E-state index contributed by atoms with van der Waals surface area (Å²) in [6.07, 6.45) is 1.70. The first-order valence-electron chi connectivity index (χ1n) is 6.73. The van der Waals surface area contributed by atoms with Gasteiger partial charge in [-0.15, -0.1) is 0 Å². The highest BCUT2D eigenvalue weighted by Crippen LogP contribution is 2.44. The van der Waals surface area contributed by atoms with Crippen molar-refractivity contribution < 1.29 is 14.6 Å². The molecule has 0 aliphatic carbocycles. The van der Waals surface area contributed by atoms with Crippen LogP contribution in [0.5, 0.6) is 5.75 Å². The molecule has 1 aliphatic heterocycles. The molecular weight excluding hydrogens is 327 g/mol. The minimum Gasteiger partial charge on any atom is -0.495 e. The van der Waals surface area contributed by atoms with Crippen molar-refractivity contribution in [3.05, 3.63) is 33.4 Å². The highest BCUT2D eigenvalue weighted by atomic mass is 35.5. The van der Waals surface area contributed by atoms with Crippen molar-refractivity contribution in [2.75, 3.05) is 13.7 Å². The number of fused-ring (bicyclic) bond motifs is 3. The van der Waals surface area contributed by atoms with Crippen LogP contribution in [0.25, 0.3) is 10.9 Å². The smallest absolute Gasteiger partial charge is 0.249 e. The first-order chi connectivity index (χ1) is 10.5. The Morgan fingerprint density at radius 3 is 2.86 bits per heavy atom. The van der Waals surface area contributed by atoms with Crippen molar-refractivity contribution in [1.29, 1.82) is 0 Å². The number of aliphatic hydroxyl groups is 1. The number of benzene rings is 1. The first kappa shape index (κ1) is 15.3. The molecule has 1 atom stereocenters. The number of aromatic nitrogens is 1. The predicted molar refractivity (Wildman–Crippen MR) is 84.4 cm³/mol. The van der Waals surface area contributed by atoms with E-state index in [9.17, 15) is 4.79 Å². The van der Waals surface area contributed by atoms with Gasteiger partial charge in [0.15, 0.2) is 0 Å². The van der Waals surface area contributed by atoms with Gasteiger partial charge in [-0.05, 0) is 24.1 Å². The number of methoxy groups -OCH3 is 1. The molecule has 3 rings (SSSR count). The largest absolute Gasteiger partial charge is 0.495 e. The van der Waals surface area contributed by atoms with Crippen LogP contribution in [0.15, 0.2) is 12.3 Å². The molecule has 0 fully saturated rings. The summed E-state index contributed by atoms with van der Waals surface area (Å²) in [6.45, 7) is 1.81. The Morgan fingerprint density at radius 2 is 2.23 bits per heavy atom. The minimum absolute atomic E-state index is 0.179. The Balaban J connectivity index is 2.25. The van der Waals surface area contributed by atoms with Crippen LogP contribution in [0.3, 0.4) is 0 Å². The van der Waals surface area contributed by atoms with Crippen molar-refractivity contribution in [3.63, 3.8) is 0 Å². The summed E-state index contributed by atoms with van der Waals surface area (Å²) in [5, 5.41) is 10.6. The summed E-state index contributed by atoms with van der Waals surface area (Å²) in [7, 11) is 1.52. The molecule has 0 bridgehead atoms. The number of hydrogen-bond donors (Lipinski definition) is 1. The molecule has 0 saturated heterocycles. The third-order valence-corrected chi connectivity index (χ3v) is 4.87. The summed E-state index contributed by atoms with van der Waals surface area (Å²) in [5.41, 5.74) is 2.47. The van der Waals surface area contributed by atoms with Gasteiger partial charge in [0.05, 0.1) is 23.7 Å². The maximum atomic E-state index is 11.9. The van der Waals surface area contributed by atoms with Crippen LogP contribution >= 0.6 is 23.2 Å². The predicted octanol–water partition coefficient (Wildman–Crippen LogP) is 2.95. The Kier molecular flexibility index (Phi) is 3.89. The lowest BCUT2D eigenvalue weighted by atomic mass is 10.0. The topological polar surface area (TPSA) is 62.7 Å². The van der Waals surface area contributed by atoms with Crippen LogP contribution < -0.4 is 4.74 Å². The van der Waals surface area contributed by atoms with Crippen LogP contribution in [-0.4, -0.2) is 34.6 Å². The number of amides is 1. The van der Waals surface area contributed by atoms with E-state index in [0.29, 0.717) is 27.9 Å². The molecule has 2 aromatic rings. The lowest BCUT2D eigenvalue weighted by molar-refractivity contribution is -0.136. The Labute approximate surface area is 137 Å². The van der Waals surface area contributed by atoms with Crippen molar-refractivity contribution in [3.8, 4) is 5.75 Å². The van der Waals surface area contributed by atoms with Crippen LogP contribution in [0.2, 0.25) is 10.0 Å². The average molecular weight is 341 g/mol. The van der Waals surface area contributed by atoms with E-state index >= 15 is 0 Å². The van der Waals surface area contributed by atoms with Gasteiger partial charge in [0.25, 0.3) is 0 Å². The van der Waals surface area contributed by atoms with Gasteiger partial charge in [-0.3, -0.25) is 9.78 Å². The van der Waals surface area contributed by atoms with E-state index in [1.807, 2.05) is 6.92 Å². The summed E-state index contributed by atoms with van der Waals surface area (Å²) < 4.78 is 5.26. The van der Waals surface area contributed by atoms with Crippen LogP contribution in [0.1, 0.15) is 24.1 Å². The Bertz CT molecular complexity index is 779. The van der Waals surface area contributed by atoms with Crippen molar-refractivity contribution in [2.45, 2.75) is 19.5 Å². The van der Waals surface area contributed by atoms with E-state index in [0.717, 1.165) is 16.5 Å². The second-order valence-corrected chi connectivity index (χ2v) is 5.91. The Hall–Kier alpha value is -1.56. The molecule has 0 saturated carbocycles. The van der Waals surface area contributed by atoms with E-state index in [4.69, 9.17) is 33.0 Å². The molecule has 7 heteroatoms. The highest BCUT2D eigenvalue weighted by molar-refractivity contribution is 6.46. The van der Waals surface area contributed by atoms with Gasteiger partial charge in [-0.2, -0.15) is 0 Å². The van der Waals surface area contributed by atoms with Gasteiger partial charge in [-0.1, -0.05) is 23.2 Å². The van der Waals surface area contributed by atoms with Crippen LogP contribution in [0, 0.1) is 0 Å². The van der Waals surface area contributed by atoms with E-state index in [2.05, 4.69) is 4.98 Å². The fourth-order valence-electron chi connectivity index (χ4n) is 2.95. The summed E-state index contributed by atoms with van der Waals surface area (Å²) >= 11 is 12.5. The van der Waals surface area contributed by atoms with E-state index < -0.39 is 6.61 Å². The molecule has 0 spiro atoms. The second kappa shape index (κ2) is 5.57. The highest BCUT2D eigenvalue weighted by Gasteiger charge is 2.32. The van der Waals surface area contributed by atoms with Crippen molar-refractivity contribution in [2.24, 2.45) is 0 Å². The van der Waals surface area contributed by atoms with Gasteiger partial charge in [-0.25, -0.2) is 0 Å². The summed E-state index contributed by atoms with van der Waals surface area (Å²) in [5.74, 6) is 0.150. The third kappa shape index (κ3) is 2.12. The number of hydrogen-bond acceptors (Lipinski definition) is 4. The van der Waals surface area contributed by atoms with E-state index in [1.54, 1.807) is 17.2 Å². The molecule has 1 aromatic carbocycles. The SMILES string of the molecule is COc1cc2c3c(cnc2c(Cl)c1Cl)CN(C(=O)CO)[C@H]3C. The average Bonchev–Trinajstić information content (AvgIpc) is 2.87. The molecule has 1 aliphatic rings. The zero-order valence-electron chi connectivity index (χ0n) is 12.1. The number of halogens is 2. The molecule has 5 nitrogen and oxygen atoms in total. The maximum Gasteiger partial charge on any atom is 0.249 e. The molecule has 1 amide bonds. The summed E-state index contributed by atoms with van der Waals surface area (Å²) in [6, 6.07) is 1.61. The first-order valence-corrected chi connectivity index (χ1v) is 7.49. The number of pyridine rings is 1. The lowest BCUT2D eigenvalue weighted by Crippen LogP contribution is -2.30. The zero-order chi connectivity index (χ0) is 16.0. The standard InChI is InChI=1S/C15H14Cl2N2O3/c1-7-12-8(5-19(7)11(21)6-20)4-18-15-9(12)3-10(22-2)13(16)14(15)17/h3-4,7,20H,5-6H2,1-2H3/t7-/m0/s1. The fraction of sp³-hybridized carbons (Fsp3) is 0.333. The van der Waals surface area contributed by atoms with Gasteiger partial charge in [0, 0.05) is 18.1 Å². The second-order valence-electron chi connectivity index (χ2n) is 5.16. The van der Waals surface area contributed by atoms with Crippen molar-refractivity contribution >= 4 is 40.0 Å². The normalized spacial score (nSPS) is 17.0. The molecule has 1 N–H and O–H groups in total. The van der Waals surface area contributed by atoms with Gasteiger partial charge < -0.3 is 14.7 Å². The lowest BCUT2D eigenvalue weighted by Gasteiger charge is -2.21. The quantitative estimate of drug-likeness (QED) is 0.912. The molecule has 1 aromatic heterocycles. The number of carbonyl (C=O) groups is 1. The zero-order valence-corrected chi connectivity index (χ0v) is 13.6. The molecule has 0 unspecified atom stereocenters. The third-order valence-electron chi connectivity index (χ3n) is 4.03. The number of nitrogens with zero attached hydrogens (tertiary/aromatic N) is 2. The summed E-state index contributed by atoms with van der Waals surface area (Å²) in [4.78, 5) is 17.8. The maximum absolute atomic E-state index is 11.9. The molecule has 22 heavy (non-hydrogen) atoms. The fourth-order valence-corrected chi connectivity index (χ4v) is 3.41. The van der Waals surface area contributed by atoms with Crippen LogP contribution in [-0.2, 0) is 11.3 Å². The Morgan fingerprint density at radius 1 is 1.50 bits per heavy atom. The number of ether oxygens (including phenoxy) is 1. The van der Waals surface area contributed by atoms with E-state index in [-0.39, 0.29) is 11.9 Å².